The number of carbonyl (C=O) groups excluding carboxylic acids is 1. The molecule has 0 bridgehead atoms. The molecule has 1 atom stereocenters. The van der Waals surface area contributed by atoms with Gasteiger partial charge in [0.15, 0.2) is 5.82 Å². The molecule has 1 amide bonds. The van der Waals surface area contributed by atoms with E-state index in [0.29, 0.717) is 12.4 Å². The van der Waals surface area contributed by atoms with Gasteiger partial charge in [0.2, 0.25) is 5.91 Å². The lowest BCUT2D eigenvalue weighted by Gasteiger charge is -2.24. The van der Waals surface area contributed by atoms with E-state index in [2.05, 4.69) is 31.3 Å². The number of nitrogens with zero attached hydrogens (tertiary/aromatic N) is 5. The molecule has 0 aliphatic carbocycles. The molecule has 0 fully saturated rings. The predicted octanol–water partition coefficient (Wildman–Crippen LogP) is 0.631. The fourth-order valence-corrected chi connectivity index (χ4v) is 2.43. The average Bonchev–Trinajstić information content (AvgIpc) is 2.74. The summed E-state index contributed by atoms with van der Waals surface area (Å²) in [6.07, 6.45) is 0. The highest BCUT2D eigenvalue weighted by molar-refractivity contribution is 9.10. The van der Waals surface area contributed by atoms with Gasteiger partial charge < -0.3 is 5.73 Å². The molecule has 1 heterocycles. The van der Waals surface area contributed by atoms with Gasteiger partial charge in [0.1, 0.15) is 6.04 Å². The summed E-state index contributed by atoms with van der Waals surface area (Å²) in [7, 11) is 3.49. The summed E-state index contributed by atoms with van der Waals surface area (Å²) < 4.78 is 0.896. The van der Waals surface area contributed by atoms with Crippen LogP contribution in [0.2, 0.25) is 0 Å². The molecule has 0 spiro atoms. The molecule has 0 saturated heterocycles. The van der Waals surface area contributed by atoms with Gasteiger partial charge in [-0.2, -0.15) is 4.80 Å². The van der Waals surface area contributed by atoms with Crippen LogP contribution in [0.25, 0.3) is 0 Å². The normalized spacial score (nSPS) is 12.6. The summed E-state index contributed by atoms with van der Waals surface area (Å²) >= 11 is 3.39. The Bertz CT molecular complexity index is 613. The summed E-state index contributed by atoms with van der Waals surface area (Å²) in [6, 6.07) is 6.95. The molecule has 8 heteroatoms. The van der Waals surface area contributed by atoms with Crippen molar-refractivity contribution in [3.05, 3.63) is 40.1 Å². The van der Waals surface area contributed by atoms with E-state index in [4.69, 9.17) is 5.73 Å². The maximum atomic E-state index is 11.8. The van der Waals surface area contributed by atoms with Gasteiger partial charge in [0, 0.05) is 4.47 Å². The molecule has 2 rings (SSSR count). The van der Waals surface area contributed by atoms with E-state index in [1.165, 1.54) is 4.80 Å². The van der Waals surface area contributed by atoms with Gasteiger partial charge in [-0.3, -0.25) is 9.69 Å². The van der Waals surface area contributed by atoms with Crippen molar-refractivity contribution < 1.29 is 4.79 Å². The molecule has 0 saturated carbocycles. The third-order valence-corrected chi connectivity index (χ3v) is 3.31. The Kier molecular flexibility index (Phi) is 4.46. The van der Waals surface area contributed by atoms with Crippen LogP contribution in [0.4, 0.5) is 0 Å². The summed E-state index contributed by atoms with van der Waals surface area (Å²) in [5, 5.41) is 11.8. The van der Waals surface area contributed by atoms with Crippen molar-refractivity contribution in [1.29, 1.82) is 0 Å². The number of aryl methyl sites for hydroxylation is 1. The van der Waals surface area contributed by atoms with Gasteiger partial charge in [-0.1, -0.05) is 28.1 Å². The van der Waals surface area contributed by atoms with Crippen molar-refractivity contribution in [2.45, 2.75) is 12.6 Å². The average molecular weight is 339 g/mol. The van der Waals surface area contributed by atoms with E-state index in [1.54, 1.807) is 19.0 Å². The largest absolute Gasteiger partial charge is 0.368 e. The molecule has 1 unspecified atom stereocenters. The molecule has 2 N–H and O–H groups in total. The Morgan fingerprint density at radius 3 is 2.85 bits per heavy atom. The number of aromatic nitrogens is 4. The minimum atomic E-state index is -0.545. The van der Waals surface area contributed by atoms with E-state index in [0.717, 1.165) is 10.0 Å². The highest BCUT2D eigenvalue weighted by Crippen LogP contribution is 2.23. The maximum absolute atomic E-state index is 11.8. The molecular weight excluding hydrogens is 324 g/mol. The number of likely N-dealkylation sites (N-methyl/N-ethyl adjacent to an activating group) is 1. The molecule has 106 valence electrons. The van der Waals surface area contributed by atoms with Gasteiger partial charge in [-0.15, -0.1) is 10.2 Å². The molecule has 1 aromatic heterocycles. The van der Waals surface area contributed by atoms with E-state index in [-0.39, 0.29) is 0 Å². The fourth-order valence-electron chi connectivity index (χ4n) is 2.01. The number of hydrogen-bond donors (Lipinski definition) is 1. The number of primary amides is 1. The first-order chi connectivity index (χ1) is 9.47. The molecule has 0 aliphatic rings. The number of carbonyl (C=O) groups is 1. The number of rotatable bonds is 5. The predicted molar refractivity (Wildman–Crippen MR) is 76.3 cm³/mol. The number of hydrogen-bond acceptors (Lipinski definition) is 5. The number of amides is 1. The van der Waals surface area contributed by atoms with E-state index in [9.17, 15) is 4.79 Å². The van der Waals surface area contributed by atoms with Gasteiger partial charge in [0.05, 0.1) is 13.6 Å². The highest BCUT2D eigenvalue weighted by atomic mass is 79.9. The van der Waals surface area contributed by atoms with Crippen molar-refractivity contribution in [2.24, 2.45) is 12.8 Å². The van der Waals surface area contributed by atoms with Crippen LogP contribution in [0.3, 0.4) is 0 Å². The lowest BCUT2D eigenvalue weighted by atomic mass is 10.1. The van der Waals surface area contributed by atoms with E-state index >= 15 is 0 Å². The van der Waals surface area contributed by atoms with Crippen LogP contribution in [-0.2, 0) is 18.4 Å². The minimum Gasteiger partial charge on any atom is -0.368 e. The summed E-state index contributed by atoms with van der Waals surface area (Å²) in [6.45, 7) is 0.383. The smallest absolute Gasteiger partial charge is 0.239 e. The lowest BCUT2D eigenvalue weighted by molar-refractivity contribution is -0.123. The third kappa shape index (κ3) is 3.40. The van der Waals surface area contributed by atoms with Crippen LogP contribution >= 0.6 is 15.9 Å². The zero-order valence-electron chi connectivity index (χ0n) is 11.2. The number of benzene rings is 1. The topological polar surface area (TPSA) is 89.9 Å². The summed E-state index contributed by atoms with van der Waals surface area (Å²) in [5.74, 6) is 0.116. The Morgan fingerprint density at radius 1 is 1.55 bits per heavy atom. The first-order valence-corrected chi connectivity index (χ1v) is 6.74. The molecule has 0 aliphatic heterocycles. The van der Waals surface area contributed by atoms with Gasteiger partial charge in [0.25, 0.3) is 0 Å². The van der Waals surface area contributed by atoms with Crippen molar-refractivity contribution in [1.82, 2.24) is 25.1 Å². The summed E-state index contributed by atoms with van der Waals surface area (Å²) in [5.41, 5.74) is 6.34. The van der Waals surface area contributed by atoms with Gasteiger partial charge in [-0.05, 0) is 30.0 Å². The molecule has 7 nitrogen and oxygen atoms in total. The zero-order chi connectivity index (χ0) is 14.7. The second-order valence-electron chi connectivity index (χ2n) is 4.47. The van der Waals surface area contributed by atoms with Gasteiger partial charge >= 0.3 is 0 Å². The van der Waals surface area contributed by atoms with Crippen LogP contribution in [0.15, 0.2) is 28.7 Å². The Morgan fingerprint density at radius 2 is 2.30 bits per heavy atom. The minimum absolute atomic E-state index is 0.383. The molecule has 0 radical (unpaired) electrons. The van der Waals surface area contributed by atoms with Crippen molar-refractivity contribution in [2.75, 3.05) is 7.05 Å². The number of halogens is 1. The lowest BCUT2D eigenvalue weighted by Crippen LogP contribution is -2.35. The molecule has 2 aromatic rings. The van der Waals surface area contributed by atoms with Crippen LogP contribution < -0.4 is 5.73 Å². The fraction of sp³-hybridized carbons (Fsp3) is 0.333. The van der Waals surface area contributed by atoms with Crippen LogP contribution in [-0.4, -0.2) is 38.1 Å². The molecule has 20 heavy (non-hydrogen) atoms. The first-order valence-electron chi connectivity index (χ1n) is 5.95. The quantitative estimate of drug-likeness (QED) is 0.863. The molecule has 1 aromatic carbocycles. The molecular formula is C12H15BrN6O. The second-order valence-corrected chi connectivity index (χ2v) is 5.39. The van der Waals surface area contributed by atoms with Crippen LogP contribution in [0.1, 0.15) is 17.4 Å². The zero-order valence-corrected chi connectivity index (χ0v) is 12.8. The first kappa shape index (κ1) is 14.6. The van der Waals surface area contributed by atoms with Crippen molar-refractivity contribution in [3.8, 4) is 0 Å². The second kappa shape index (κ2) is 6.10. The maximum Gasteiger partial charge on any atom is 0.239 e. The van der Waals surface area contributed by atoms with Crippen LogP contribution in [0.5, 0.6) is 0 Å². The van der Waals surface area contributed by atoms with E-state index in [1.807, 2.05) is 24.3 Å². The Hall–Kier alpha value is -1.80. The Balaban J connectivity index is 2.22. The van der Waals surface area contributed by atoms with Gasteiger partial charge in [-0.25, -0.2) is 0 Å². The number of nitrogens with two attached hydrogens (primary N) is 1. The van der Waals surface area contributed by atoms with Crippen LogP contribution in [0, 0.1) is 0 Å². The Labute approximate surface area is 124 Å². The van der Waals surface area contributed by atoms with Crippen molar-refractivity contribution >= 4 is 21.8 Å². The SMILES string of the molecule is CN(Cc1nnn(C)n1)C(C(N)=O)c1cccc(Br)c1. The highest BCUT2D eigenvalue weighted by Gasteiger charge is 2.24. The number of tetrazole rings is 1. The van der Waals surface area contributed by atoms with Crippen molar-refractivity contribution in [3.63, 3.8) is 0 Å². The monoisotopic (exact) mass is 338 g/mol. The van der Waals surface area contributed by atoms with E-state index < -0.39 is 11.9 Å². The standard InChI is InChI=1S/C12H15BrN6O/c1-18(7-10-15-17-19(2)16-10)11(12(14)20)8-4-3-5-9(13)6-8/h3-6,11H,7H2,1-2H3,(H2,14,20). The summed E-state index contributed by atoms with van der Waals surface area (Å²) in [4.78, 5) is 14.9. The third-order valence-electron chi connectivity index (χ3n) is 2.82.